The van der Waals surface area contributed by atoms with Crippen molar-refractivity contribution in [1.29, 1.82) is 0 Å². The van der Waals surface area contributed by atoms with E-state index in [0.717, 1.165) is 51.4 Å². The molecule has 0 aliphatic carbocycles. The molecule has 0 fully saturated rings. The SMILES string of the molecule is CCCC/C=C\CCCCCCCC(=O)OCCCCCCCCCCCCC/C=C\C/C=C\CCCCCCCCCCCCCCCCCCCC(=O)NC(CO)C(O)CCCCCCCCCCCCCCCCCC. The Labute approximate surface area is 494 Å². The number of nitrogens with one attached hydrogen (secondary N) is 1. The van der Waals surface area contributed by atoms with Gasteiger partial charge in [-0.1, -0.05) is 339 Å². The second kappa shape index (κ2) is 68.6. The van der Waals surface area contributed by atoms with E-state index in [9.17, 15) is 19.8 Å². The van der Waals surface area contributed by atoms with E-state index in [1.54, 1.807) is 0 Å². The van der Waals surface area contributed by atoms with E-state index in [1.165, 1.54) is 308 Å². The second-order valence-electron chi connectivity index (χ2n) is 24.6. The van der Waals surface area contributed by atoms with Crippen LogP contribution < -0.4 is 5.32 Å². The maximum Gasteiger partial charge on any atom is 0.305 e. The average molecular weight is 1110 g/mol. The van der Waals surface area contributed by atoms with Crippen LogP contribution in [-0.4, -0.2) is 47.4 Å². The molecule has 2 atom stereocenters. The predicted octanol–water partition coefficient (Wildman–Crippen LogP) is 23.1. The van der Waals surface area contributed by atoms with E-state index in [1.807, 2.05) is 0 Å². The Balaban J connectivity index is 3.37. The third kappa shape index (κ3) is 65.1. The van der Waals surface area contributed by atoms with Gasteiger partial charge in [0.15, 0.2) is 0 Å². The number of aliphatic hydroxyl groups is 2. The highest BCUT2D eigenvalue weighted by molar-refractivity contribution is 5.76. The minimum atomic E-state index is -0.663. The standard InChI is InChI=1S/C73H139NO5/c1-3-5-7-9-11-13-15-16-17-39-42-46-49-53-57-61-65-71(76)70(69-75)74-72(77)66-62-58-54-50-47-43-40-37-35-33-31-29-27-25-23-21-19-18-20-22-24-26-28-30-32-34-36-38-41-44-48-52-56-60-64-68-79-73(78)67-63-59-55-51-45-14-12-10-8-6-4-2/h10,12,20,22,26,28,70-71,75-76H,3-9,11,13-19,21,23-25,27,29-69H2,1-2H3,(H,74,77)/b12-10-,22-20-,28-26-. The molecule has 0 saturated heterocycles. The molecule has 6 nitrogen and oxygen atoms in total. The summed E-state index contributed by atoms with van der Waals surface area (Å²) in [5, 5.41) is 23.4. The molecule has 6 heteroatoms. The zero-order valence-electron chi connectivity index (χ0n) is 53.4. The first kappa shape index (κ1) is 77.1. The van der Waals surface area contributed by atoms with Crippen molar-refractivity contribution in [3.8, 4) is 0 Å². The van der Waals surface area contributed by atoms with E-state index in [-0.39, 0.29) is 18.5 Å². The van der Waals surface area contributed by atoms with Crippen LogP contribution >= 0.6 is 0 Å². The van der Waals surface area contributed by atoms with E-state index in [0.29, 0.717) is 25.9 Å². The van der Waals surface area contributed by atoms with Crippen LogP contribution in [0.4, 0.5) is 0 Å². The normalized spacial score (nSPS) is 12.7. The largest absolute Gasteiger partial charge is 0.466 e. The molecule has 0 radical (unpaired) electrons. The average Bonchev–Trinajstić information content (AvgIpc) is 3.45. The smallest absolute Gasteiger partial charge is 0.305 e. The topological polar surface area (TPSA) is 95.9 Å². The highest BCUT2D eigenvalue weighted by Crippen LogP contribution is 2.19. The van der Waals surface area contributed by atoms with Gasteiger partial charge in [-0.3, -0.25) is 9.59 Å². The van der Waals surface area contributed by atoms with Crippen molar-refractivity contribution in [2.45, 2.75) is 405 Å². The Kier molecular flexibility index (Phi) is 66.9. The number of unbranched alkanes of at least 4 members (excludes halogenated alkanes) is 50. The fraction of sp³-hybridized carbons (Fsp3) is 0.890. The molecule has 0 saturated carbocycles. The molecule has 0 aromatic carbocycles. The van der Waals surface area contributed by atoms with Gasteiger partial charge in [0, 0.05) is 12.8 Å². The molecule has 0 aliphatic heterocycles. The van der Waals surface area contributed by atoms with Gasteiger partial charge in [0.25, 0.3) is 0 Å². The van der Waals surface area contributed by atoms with E-state index >= 15 is 0 Å². The van der Waals surface area contributed by atoms with Crippen molar-refractivity contribution in [3.63, 3.8) is 0 Å². The number of rotatable bonds is 67. The van der Waals surface area contributed by atoms with Gasteiger partial charge in [-0.2, -0.15) is 0 Å². The van der Waals surface area contributed by atoms with Gasteiger partial charge >= 0.3 is 5.97 Å². The summed E-state index contributed by atoms with van der Waals surface area (Å²) in [5.41, 5.74) is 0. The van der Waals surface area contributed by atoms with Gasteiger partial charge in [-0.05, 0) is 77.0 Å². The first-order valence-corrected chi connectivity index (χ1v) is 35.7. The third-order valence-corrected chi connectivity index (χ3v) is 16.7. The molecule has 2 unspecified atom stereocenters. The Morgan fingerprint density at radius 2 is 0.646 bits per heavy atom. The van der Waals surface area contributed by atoms with Gasteiger partial charge < -0.3 is 20.3 Å². The molecule has 3 N–H and O–H groups in total. The molecule has 0 aromatic rings. The van der Waals surface area contributed by atoms with Crippen molar-refractivity contribution >= 4 is 11.9 Å². The summed E-state index contributed by atoms with van der Waals surface area (Å²) >= 11 is 0. The number of allylic oxidation sites excluding steroid dienone is 6. The number of aliphatic hydroxyl groups excluding tert-OH is 2. The first-order chi connectivity index (χ1) is 39.0. The van der Waals surface area contributed by atoms with Crippen molar-refractivity contribution in [2.75, 3.05) is 13.2 Å². The van der Waals surface area contributed by atoms with E-state index in [2.05, 4.69) is 55.6 Å². The summed E-state index contributed by atoms with van der Waals surface area (Å²) in [6.45, 7) is 4.94. The summed E-state index contributed by atoms with van der Waals surface area (Å²) in [5.74, 6) is -0.0237. The number of esters is 1. The summed E-state index contributed by atoms with van der Waals surface area (Å²) in [4.78, 5) is 24.5. The lowest BCUT2D eigenvalue weighted by Gasteiger charge is -2.22. The maximum absolute atomic E-state index is 12.5. The van der Waals surface area contributed by atoms with Crippen molar-refractivity contribution in [2.24, 2.45) is 0 Å². The van der Waals surface area contributed by atoms with E-state index < -0.39 is 12.1 Å². The van der Waals surface area contributed by atoms with Crippen molar-refractivity contribution in [3.05, 3.63) is 36.5 Å². The number of hydrogen-bond donors (Lipinski definition) is 3. The second-order valence-corrected chi connectivity index (χ2v) is 24.6. The molecular formula is C73H139NO5. The number of carbonyl (C=O) groups excluding carboxylic acids is 2. The summed E-state index contributed by atoms with van der Waals surface area (Å²) in [6.07, 6.45) is 87.8. The predicted molar refractivity (Wildman–Crippen MR) is 347 cm³/mol. The van der Waals surface area contributed by atoms with Crippen LogP contribution in [-0.2, 0) is 14.3 Å². The quantitative estimate of drug-likeness (QED) is 0.0320. The third-order valence-electron chi connectivity index (χ3n) is 16.7. The Morgan fingerprint density at radius 1 is 0.354 bits per heavy atom. The number of carbonyl (C=O) groups is 2. The Hall–Kier alpha value is -1.92. The van der Waals surface area contributed by atoms with Crippen molar-refractivity contribution < 1.29 is 24.5 Å². The van der Waals surface area contributed by atoms with Crippen LogP contribution in [0.2, 0.25) is 0 Å². The first-order valence-electron chi connectivity index (χ1n) is 35.7. The van der Waals surface area contributed by atoms with Crippen LogP contribution in [0, 0.1) is 0 Å². The van der Waals surface area contributed by atoms with Gasteiger partial charge in [0.1, 0.15) is 0 Å². The molecule has 0 rings (SSSR count). The summed E-state index contributed by atoms with van der Waals surface area (Å²) in [7, 11) is 0. The van der Waals surface area contributed by atoms with Crippen LogP contribution in [0.5, 0.6) is 0 Å². The molecule has 79 heavy (non-hydrogen) atoms. The zero-order valence-corrected chi connectivity index (χ0v) is 53.4. The number of amides is 1. The fourth-order valence-corrected chi connectivity index (χ4v) is 11.2. The Morgan fingerprint density at radius 3 is 1.01 bits per heavy atom. The summed E-state index contributed by atoms with van der Waals surface area (Å²) in [6, 6.07) is -0.540. The van der Waals surface area contributed by atoms with Gasteiger partial charge in [-0.15, -0.1) is 0 Å². The molecule has 0 heterocycles. The molecule has 0 aliphatic rings. The fourth-order valence-electron chi connectivity index (χ4n) is 11.2. The molecule has 1 amide bonds. The van der Waals surface area contributed by atoms with Crippen LogP contribution in [0.15, 0.2) is 36.5 Å². The highest BCUT2D eigenvalue weighted by atomic mass is 16.5. The van der Waals surface area contributed by atoms with E-state index in [4.69, 9.17) is 4.74 Å². The monoisotopic (exact) mass is 1110 g/mol. The van der Waals surface area contributed by atoms with Gasteiger partial charge in [0.2, 0.25) is 5.91 Å². The zero-order chi connectivity index (χ0) is 57.1. The molecule has 0 bridgehead atoms. The molecule has 0 spiro atoms. The molecular weight excluding hydrogens is 971 g/mol. The van der Waals surface area contributed by atoms with Crippen LogP contribution in [0.3, 0.4) is 0 Å². The van der Waals surface area contributed by atoms with Gasteiger partial charge in [-0.25, -0.2) is 0 Å². The maximum atomic E-state index is 12.5. The molecule has 466 valence electrons. The lowest BCUT2D eigenvalue weighted by atomic mass is 10.0. The van der Waals surface area contributed by atoms with Crippen LogP contribution in [0.1, 0.15) is 393 Å². The number of hydrogen-bond acceptors (Lipinski definition) is 5. The van der Waals surface area contributed by atoms with Crippen molar-refractivity contribution in [1.82, 2.24) is 5.32 Å². The highest BCUT2D eigenvalue weighted by Gasteiger charge is 2.20. The lowest BCUT2D eigenvalue weighted by Crippen LogP contribution is -2.45. The molecule has 0 aromatic heterocycles. The minimum Gasteiger partial charge on any atom is -0.466 e. The van der Waals surface area contributed by atoms with Crippen LogP contribution in [0.25, 0.3) is 0 Å². The minimum absolute atomic E-state index is 0.00586. The Bertz CT molecular complexity index is 1280. The van der Waals surface area contributed by atoms with Gasteiger partial charge in [0.05, 0.1) is 25.4 Å². The summed E-state index contributed by atoms with van der Waals surface area (Å²) < 4.78 is 5.46. The number of ether oxygens (including phenoxy) is 1. The lowest BCUT2D eigenvalue weighted by molar-refractivity contribution is -0.143.